The lowest BCUT2D eigenvalue weighted by molar-refractivity contribution is -0.125. The lowest BCUT2D eigenvalue weighted by atomic mass is 9.95. The Morgan fingerprint density at radius 1 is 1.03 bits per heavy atom. The Hall–Kier alpha value is -3.30. The van der Waals surface area contributed by atoms with Gasteiger partial charge in [-0.3, -0.25) is 4.79 Å². The van der Waals surface area contributed by atoms with Crippen LogP contribution in [0.5, 0.6) is 0 Å². The number of nitrogens with zero attached hydrogens (tertiary/aromatic N) is 3. The minimum atomic E-state index is -3.69. The van der Waals surface area contributed by atoms with Crippen LogP contribution >= 0.6 is 0 Å². The van der Waals surface area contributed by atoms with E-state index in [4.69, 9.17) is 5.14 Å². The van der Waals surface area contributed by atoms with Crippen molar-refractivity contribution >= 4 is 21.7 Å². The summed E-state index contributed by atoms with van der Waals surface area (Å²) < 4.78 is 22.7. The molecule has 3 aromatic rings. The minimum absolute atomic E-state index is 0.0264. The fraction of sp³-hybridized carbons (Fsp3) is 0.292. The monoisotopic (exact) mass is 465 g/mol. The Balaban J connectivity index is 1.26. The SMILES string of the molecule is NS(=O)(=O)c1ccc(CCNC(=O)C2CCN(c3cc(-c4ccccc4)ncn3)CC2)cc1. The van der Waals surface area contributed by atoms with E-state index in [-0.39, 0.29) is 16.7 Å². The molecule has 1 aliphatic rings. The van der Waals surface area contributed by atoms with Crippen molar-refractivity contribution in [1.82, 2.24) is 15.3 Å². The van der Waals surface area contributed by atoms with Gasteiger partial charge in [0.15, 0.2) is 0 Å². The molecule has 2 aromatic carbocycles. The van der Waals surface area contributed by atoms with Crippen molar-refractivity contribution < 1.29 is 13.2 Å². The van der Waals surface area contributed by atoms with Gasteiger partial charge in [-0.15, -0.1) is 0 Å². The second-order valence-electron chi connectivity index (χ2n) is 8.12. The van der Waals surface area contributed by atoms with Crippen LogP contribution in [0.4, 0.5) is 5.82 Å². The number of carbonyl (C=O) groups is 1. The Bertz CT molecular complexity index is 1190. The first-order chi connectivity index (χ1) is 15.9. The lowest BCUT2D eigenvalue weighted by Crippen LogP contribution is -2.41. The summed E-state index contributed by atoms with van der Waals surface area (Å²) in [5, 5.41) is 8.12. The number of nitrogens with two attached hydrogens (primary N) is 1. The molecule has 0 atom stereocenters. The smallest absolute Gasteiger partial charge is 0.238 e. The maximum atomic E-state index is 12.6. The van der Waals surface area contributed by atoms with Crippen LogP contribution in [0, 0.1) is 5.92 Å². The van der Waals surface area contributed by atoms with E-state index in [1.54, 1.807) is 18.5 Å². The van der Waals surface area contributed by atoms with Gasteiger partial charge in [0, 0.05) is 37.2 Å². The van der Waals surface area contributed by atoms with Crippen LogP contribution in [0.3, 0.4) is 0 Å². The van der Waals surface area contributed by atoms with Crippen LogP contribution in [0.25, 0.3) is 11.3 Å². The van der Waals surface area contributed by atoms with Crippen molar-refractivity contribution in [2.24, 2.45) is 11.1 Å². The van der Waals surface area contributed by atoms with E-state index in [1.165, 1.54) is 12.1 Å². The molecule has 3 N–H and O–H groups in total. The van der Waals surface area contributed by atoms with Crippen LogP contribution in [0.15, 0.2) is 71.9 Å². The number of rotatable bonds is 7. The maximum absolute atomic E-state index is 12.6. The zero-order valence-electron chi connectivity index (χ0n) is 18.2. The van der Waals surface area contributed by atoms with Crippen LogP contribution < -0.4 is 15.4 Å². The van der Waals surface area contributed by atoms with E-state index in [1.807, 2.05) is 36.4 Å². The van der Waals surface area contributed by atoms with Crippen molar-refractivity contribution in [3.05, 3.63) is 72.6 Å². The molecule has 0 bridgehead atoms. The quantitative estimate of drug-likeness (QED) is 0.553. The molecule has 9 heteroatoms. The summed E-state index contributed by atoms with van der Waals surface area (Å²) in [5.41, 5.74) is 2.88. The molecule has 0 aliphatic carbocycles. The Morgan fingerprint density at radius 3 is 2.39 bits per heavy atom. The number of piperidine rings is 1. The number of aromatic nitrogens is 2. The zero-order chi connectivity index (χ0) is 23.3. The molecule has 8 nitrogen and oxygen atoms in total. The molecular weight excluding hydrogens is 438 g/mol. The second-order valence-corrected chi connectivity index (χ2v) is 9.68. The molecule has 1 aromatic heterocycles. The van der Waals surface area contributed by atoms with Gasteiger partial charge in [0.1, 0.15) is 12.1 Å². The molecule has 1 amide bonds. The first-order valence-electron chi connectivity index (χ1n) is 10.9. The molecule has 1 saturated heterocycles. The number of carbonyl (C=O) groups excluding carboxylic acids is 1. The number of nitrogens with one attached hydrogen (secondary N) is 1. The Morgan fingerprint density at radius 2 is 1.73 bits per heavy atom. The van der Waals surface area contributed by atoms with Crippen LogP contribution in [-0.2, 0) is 21.2 Å². The van der Waals surface area contributed by atoms with Gasteiger partial charge in [-0.05, 0) is 37.0 Å². The van der Waals surface area contributed by atoms with E-state index in [2.05, 4.69) is 20.2 Å². The van der Waals surface area contributed by atoms with E-state index >= 15 is 0 Å². The third kappa shape index (κ3) is 5.94. The highest BCUT2D eigenvalue weighted by molar-refractivity contribution is 7.89. The topological polar surface area (TPSA) is 118 Å². The number of hydrogen-bond donors (Lipinski definition) is 2. The summed E-state index contributed by atoms with van der Waals surface area (Å²) in [6.45, 7) is 2.02. The van der Waals surface area contributed by atoms with Gasteiger partial charge in [-0.25, -0.2) is 23.5 Å². The van der Waals surface area contributed by atoms with Crippen molar-refractivity contribution in [2.45, 2.75) is 24.2 Å². The zero-order valence-corrected chi connectivity index (χ0v) is 19.0. The third-order valence-corrected chi connectivity index (χ3v) is 6.81. The van der Waals surface area contributed by atoms with Crippen molar-refractivity contribution in [3.8, 4) is 11.3 Å². The van der Waals surface area contributed by atoms with Crippen LogP contribution in [-0.4, -0.2) is 43.9 Å². The molecule has 1 aliphatic heterocycles. The molecule has 0 spiro atoms. The summed E-state index contributed by atoms with van der Waals surface area (Å²) in [6.07, 6.45) is 3.74. The minimum Gasteiger partial charge on any atom is -0.356 e. The van der Waals surface area contributed by atoms with Gasteiger partial charge >= 0.3 is 0 Å². The lowest BCUT2D eigenvalue weighted by Gasteiger charge is -2.32. The number of sulfonamides is 1. The van der Waals surface area contributed by atoms with Gasteiger partial charge in [0.25, 0.3) is 0 Å². The summed E-state index contributed by atoms with van der Waals surface area (Å²) >= 11 is 0. The van der Waals surface area contributed by atoms with E-state index < -0.39 is 10.0 Å². The highest BCUT2D eigenvalue weighted by Gasteiger charge is 2.25. The van der Waals surface area contributed by atoms with Gasteiger partial charge in [-0.1, -0.05) is 42.5 Å². The normalized spacial score (nSPS) is 14.8. The molecule has 2 heterocycles. The maximum Gasteiger partial charge on any atom is 0.238 e. The molecular formula is C24H27N5O3S. The first-order valence-corrected chi connectivity index (χ1v) is 12.5. The molecule has 4 rings (SSSR count). The average molecular weight is 466 g/mol. The fourth-order valence-electron chi connectivity index (χ4n) is 3.98. The molecule has 33 heavy (non-hydrogen) atoms. The van der Waals surface area contributed by atoms with E-state index in [0.29, 0.717) is 13.0 Å². The van der Waals surface area contributed by atoms with E-state index in [0.717, 1.165) is 48.6 Å². The summed E-state index contributed by atoms with van der Waals surface area (Å²) in [5.74, 6) is 0.913. The molecule has 1 fully saturated rings. The molecule has 0 unspecified atom stereocenters. The van der Waals surface area contributed by atoms with Gasteiger partial charge in [-0.2, -0.15) is 0 Å². The molecule has 172 valence electrons. The largest absolute Gasteiger partial charge is 0.356 e. The predicted molar refractivity (Wildman–Crippen MR) is 127 cm³/mol. The van der Waals surface area contributed by atoms with Gasteiger partial charge in [0.05, 0.1) is 10.6 Å². The predicted octanol–water partition coefficient (Wildman–Crippen LogP) is 2.37. The summed E-state index contributed by atoms with van der Waals surface area (Å²) in [7, 11) is -3.69. The average Bonchev–Trinajstić information content (AvgIpc) is 2.84. The Kier molecular flexibility index (Phi) is 7.00. The number of primary sulfonamides is 1. The van der Waals surface area contributed by atoms with Gasteiger partial charge < -0.3 is 10.2 Å². The van der Waals surface area contributed by atoms with Crippen molar-refractivity contribution in [1.29, 1.82) is 0 Å². The molecule has 0 radical (unpaired) electrons. The first kappa shape index (κ1) is 22.9. The number of benzene rings is 2. The van der Waals surface area contributed by atoms with Crippen molar-refractivity contribution in [2.75, 3.05) is 24.5 Å². The third-order valence-electron chi connectivity index (χ3n) is 5.88. The van der Waals surface area contributed by atoms with E-state index in [9.17, 15) is 13.2 Å². The number of amides is 1. The standard InChI is InChI=1S/C24H27N5O3S/c25-33(31,32)21-8-6-18(7-9-21)10-13-26-24(30)20-11-14-29(15-12-20)23-16-22(27-17-28-23)19-4-2-1-3-5-19/h1-9,16-17,20H,10-15H2,(H,26,30)(H2,25,31,32). The highest BCUT2D eigenvalue weighted by atomic mass is 32.2. The van der Waals surface area contributed by atoms with Crippen molar-refractivity contribution in [3.63, 3.8) is 0 Å². The van der Waals surface area contributed by atoms with Gasteiger partial charge in [0.2, 0.25) is 15.9 Å². The highest BCUT2D eigenvalue weighted by Crippen LogP contribution is 2.25. The Labute approximate surface area is 193 Å². The fourth-order valence-corrected chi connectivity index (χ4v) is 4.49. The second kappa shape index (κ2) is 10.1. The number of hydrogen-bond acceptors (Lipinski definition) is 6. The van der Waals surface area contributed by atoms with Crippen LogP contribution in [0.2, 0.25) is 0 Å². The number of anilines is 1. The van der Waals surface area contributed by atoms with Crippen LogP contribution in [0.1, 0.15) is 18.4 Å². The molecule has 0 saturated carbocycles. The summed E-state index contributed by atoms with van der Waals surface area (Å²) in [4.78, 5) is 23.7. The summed E-state index contributed by atoms with van der Waals surface area (Å²) in [6, 6.07) is 18.4.